The van der Waals surface area contributed by atoms with Crippen LogP contribution in [0.2, 0.25) is 0 Å². The maximum Gasteiger partial charge on any atom is 0.335 e. The first-order valence-electron chi connectivity index (χ1n) is 16.7. The predicted molar refractivity (Wildman–Crippen MR) is 163 cm³/mol. The molecule has 1 aromatic rings. The number of aliphatic carboxylic acids is 1. The van der Waals surface area contributed by atoms with Gasteiger partial charge in [-0.3, -0.25) is 4.79 Å². The number of hydrogen-bond donors (Lipinski definition) is 2. The Morgan fingerprint density at radius 2 is 1.44 bits per heavy atom. The molecule has 0 saturated heterocycles. The van der Waals surface area contributed by atoms with E-state index in [0.717, 1.165) is 32.1 Å². The molecule has 5 aliphatic carbocycles. The SMILES string of the molecule is CC(C)[C@@H]1CC[C@]2(C(=O)O)CC[C@]3(C)[C@H](CC[C@@H]4[C@@]5(C)CC[C@@H](c6ccc(C(=O)O)cc6)C(C)(C)[C@@H]5CC[C@]43C)[C@@H]12. The van der Waals surface area contributed by atoms with E-state index in [9.17, 15) is 19.8 Å². The first-order valence-corrected chi connectivity index (χ1v) is 16.7. The third-order valence-corrected chi connectivity index (χ3v) is 15.4. The van der Waals surface area contributed by atoms with Crippen LogP contribution in [0, 0.1) is 62.6 Å². The summed E-state index contributed by atoms with van der Waals surface area (Å²) < 4.78 is 0. The molecule has 0 heterocycles. The van der Waals surface area contributed by atoms with Crippen LogP contribution in [0.1, 0.15) is 135 Å². The Morgan fingerprint density at radius 3 is 2.05 bits per heavy atom. The summed E-state index contributed by atoms with van der Waals surface area (Å²) in [6.45, 7) is 17.5. The van der Waals surface area contributed by atoms with Crippen LogP contribution in [0.3, 0.4) is 0 Å². The molecule has 5 fully saturated rings. The smallest absolute Gasteiger partial charge is 0.335 e. The molecule has 6 rings (SSSR count). The molecule has 226 valence electrons. The zero-order chi connectivity index (χ0) is 29.8. The lowest BCUT2D eigenvalue weighted by atomic mass is 9.31. The zero-order valence-corrected chi connectivity index (χ0v) is 26.6. The van der Waals surface area contributed by atoms with E-state index >= 15 is 0 Å². The van der Waals surface area contributed by atoms with Gasteiger partial charge in [-0.25, -0.2) is 4.79 Å². The van der Waals surface area contributed by atoms with Crippen molar-refractivity contribution in [2.75, 3.05) is 0 Å². The summed E-state index contributed by atoms with van der Waals surface area (Å²) in [6.07, 6.45) is 11.2. The summed E-state index contributed by atoms with van der Waals surface area (Å²) >= 11 is 0. The molecule has 0 aromatic heterocycles. The molecule has 41 heavy (non-hydrogen) atoms. The van der Waals surface area contributed by atoms with Crippen molar-refractivity contribution in [3.05, 3.63) is 35.4 Å². The summed E-state index contributed by atoms with van der Waals surface area (Å²) in [4.78, 5) is 24.4. The van der Waals surface area contributed by atoms with Gasteiger partial charge in [-0.1, -0.05) is 60.6 Å². The van der Waals surface area contributed by atoms with Crippen molar-refractivity contribution in [2.24, 2.45) is 62.6 Å². The normalized spacial score (nSPS) is 46.6. The summed E-state index contributed by atoms with van der Waals surface area (Å²) in [6, 6.07) is 7.72. The second-order valence-corrected chi connectivity index (χ2v) is 16.9. The van der Waals surface area contributed by atoms with Crippen molar-refractivity contribution >= 4 is 11.9 Å². The largest absolute Gasteiger partial charge is 0.481 e. The van der Waals surface area contributed by atoms with E-state index in [1.165, 1.54) is 37.7 Å². The Hall–Kier alpha value is -1.84. The van der Waals surface area contributed by atoms with Crippen molar-refractivity contribution in [1.82, 2.24) is 0 Å². The molecule has 4 nitrogen and oxygen atoms in total. The van der Waals surface area contributed by atoms with Gasteiger partial charge < -0.3 is 10.2 Å². The van der Waals surface area contributed by atoms with E-state index in [2.05, 4.69) is 60.6 Å². The van der Waals surface area contributed by atoms with Crippen molar-refractivity contribution in [1.29, 1.82) is 0 Å². The summed E-state index contributed by atoms with van der Waals surface area (Å²) in [7, 11) is 0. The third-order valence-electron chi connectivity index (χ3n) is 15.4. The number of benzene rings is 1. The second-order valence-electron chi connectivity index (χ2n) is 16.9. The van der Waals surface area contributed by atoms with Crippen LogP contribution in [-0.2, 0) is 4.79 Å². The van der Waals surface area contributed by atoms with Gasteiger partial charge >= 0.3 is 11.9 Å². The lowest BCUT2D eigenvalue weighted by molar-refractivity contribution is -0.241. The molecule has 0 spiro atoms. The molecular weight excluding hydrogens is 508 g/mol. The van der Waals surface area contributed by atoms with E-state index in [0.29, 0.717) is 47.0 Å². The Bertz CT molecular complexity index is 1220. The van der Waals surface area contributed by atoms with Gasteiger partial charge in [-0.05, 0) is 145 Å². The van der Waals surface area contributed by atoms with Crippen LogP contribution in [0.25, 0.3) is 0 Å². The fourth-order valence-corrected chi connectivity index (χ4v) is 13.2. The highest BCUT2D eigenvalue weighted by atomic mass is 16.4. The highest BCUT2D eigenvalue weighted by Crippen LogP contribution is 2.78. The molecule has 10 atom stereocenters. The van der Waals surface area contributed by atoms with Gasteiger partial charge in [0.15, 0.2) is 0 Å². The number of hydrogen-bond acceptors (Lipinski definition) is 2. The molecule has 1 aromatic carbocycles. The molecule has 5 aliphatic rings. The highest BCUT2D eigenvalue weighted by Gasteiger charge is 2.72. The quantitative estimate of drug-likeness (QED) is 0.383. The lowest BCUT2D eigenvalue weighted by Crippen LogP contribution is -2.66. The first kappa shape index (κ1) is 29.2. The lowest BCUT2D eigenvalue weighted by Gasteiger charge is -2.73. The second kappa shape index (κ2) is 9.33. The molecule has 5 saturated carbocycles. The van der Waals surface area contributed by atoms with Crippen LogP contribution in [0.4, 0.5) is 0 Å². The van der Waals surface area contributed by atoms with Crippen molar-refractivity contribution in [3.8, 4) is 0 Å². The number of carboxylic acids is 2. The van der Waals surface area contributed by atoms with Crippen LogP contribution in [0.15, 0.2) is 24.3 Å². The number of aromatic carboxylic acids is 1. The minimum absolute atomic E-state index is 0.135. The first-order chi connectivity index (χ1) is 19.1. The van der Waals surface area contributed by atoms with Gasteiger partial charge in [-0.15, -0.1) is 0 Å². The molecule has 0 aliphatic heterocycles. The van der Waals surface area contributed by atoms with Gasteiger partial charge in [0.2, 0.25) is 0 Å². The van der Waals surface area contributed by atoms with E-state index in [-0.39, 0.29) is 21.7 Å². The van der Waals surface area contributed by atoms with Crippen LogP contribution in [-0.4, -0.2) is 22.2 Å². The zero-order valence-electron chi connectivity index (χ0n) is 26.6. The third kappa shape index (κ3) is 3.76. The molecule has 0 amide bonds. The summed E-state index contributed by atoms with van der Waals surface area (Å²) in [5.74, 6) is 2.28. The maximum absolute atomic E-state index is 12.9. The molecule has 2 N–H and O–H groups in total. The summed E-state index contributed by atoms with van der Waals surface area (Å²) in [5, 5.41) is 20.1. The maximum atomic E-state index is 12.9. The van der Waals surface area contributed by atoms with Crippen LogP contribution >= 0.6 is 0 Å². The molecular formula is C37H54O4. The Morgan fingerprint density at radius 1 is 0.756 bits per heavy atom. The minimum Gasteiger partial charge on any atom is -0.481 e. The van der Waals surface area contributed by atoms with Gasteiger partial charge in [0.25, 0.3) is 0 Å². The highest BCUT2D eigenvalue weighted by molar-refractivity contribution is 5.87. The van der Waals surface area contributed by atoms with E-state index in [4.69, 9.17) is 0 Å². The Kier molecular flexibility index (Phi) is 6.65. The standard InChI is InChI=1S/C37H54O4/c1-22(2)25-14-19-37(32(40)41)21-20-35(6)27(30(25)37)12-13-29-34(5)17-15-26(23-8-10-24(11-9-23)31(38)39)33(3,4)28(34)16-18-36(29,35)7/h8-11,22,25-30H,12-21H2,1-7H3,(H,38,39)(H,40,41)/t25-,26-,27+,28-,29+,30+,34-,35+,36+,37-/m0/s1. The molecule has 4 heteroatoms. The van der Waals surface area contributed by atoms with Crippen LogP contribution < -0.4 is 0 Å². The van der Waals surface area contributed by atoms with E-state index in [1.807, 2.05) is 0 Å². The Balaban J connectivity index is 1.33. The van der Waals surface area contributed by atoms with Crippen molar-refractivity contribution in [2.45, 2.75) is 119 Å². The topological polar surface area (TPSA) is 74.6 Å². The summed E-state index contributed by atoms with van der Waals surface area (Å²) in [5.41, 5.74) is 2.00. The average molecular weight is 563 g/mol. The average Bonchev–Trinajstić information content (AvgIpc) is 3.30. The molecule has 0 unspecified atom stereocenters. The Labute approximate surface area is 248 Å². The molecule has 0 radical (unpaired) electrons. The number of rotatable bonds is 4. The number of fused-ring (bicyclic) bond motifs is 7. The van der Waals surface area contributed by atoms with Gasteiger partial charge in [-0.2, -0.15) is 0 Å². The predicted octanol–water partition coefficient (Wildman–Crippen LogP) is 9.29. The fraction of sp³-hybridized carbons (Fsp3) is 0.784. The van der Waals surface area contributed by atoms with Crippen LogP contribution in [0.5, 0.6) is 0 Å². The van der Waals surface area contributed by atoms with Crippen molar-refractivity contribution in [3.63, 3.8) is 0 Å². The van der Waals surface area contributed by atoms with Crippen molar-refractivity contribution < 1.29 is 19.8 Å². The number of carboxylic acid groups (broad SMARTS) is 2. The molecule has 0 bridgehead atoms. The number of carbonyl (C=O) groups is 2. The van der Waals surface area contributed by atoms with Gasteiger partial charge in [0, 0.05) is 0 Å². The minimum atomic E-state index is -0.858. The van der Waals surface area contributed by atoms with E-state index < -0.39 is 17.4 Å². The van der Waals surface area contributed by atoms with Gasteiger partial charge in [0.1, 0.15) is 0 Å². The monoisotopic (exact) mass is 562 g/mol. The fourth-order valence-electron chi connectivity index (χ4n) is 13.2. The van der Waals surface area contributed by atoms with E-state index in [1.54, 1.807) is 12.1 Å². The van der Waals surface area contributed by atoms with Gasteiger partial charge in [0.05, 0.1) is 11.0 Å².